The maximum absolute atomic E-state index is 12.9. The summed E-state index contributed by atoms with van der Waals surface area (Å²) in [4.78, 5) is 17.7. The third kappa shape index (κ3) is 7.32. The highest BCUT2D eigenvalue weighted by Crippen LogP contribution is 2.18. The molecule has 206 valence electrons. The molecule has 3 aromatic carbocycles. The molecular weight excluding hydrogens is 512 g/mol. The van der Waals surface area contributed by atoms with Crippen molar-refractivity contribution < 1.29 is 17.9 Å². The average Bonchev–Trinajstić information content (AvgIpc) is 2.98. The van der Waals surface area contributed by atoms with Gasteiger partial charge in [-0.15, -0.1) is 0 Å². The van der Waals surface area contributed by atoms with Crippen molar-refractivity contribution in [3.63, 3.8) is 0 Å². The van der Waals surface area contributed by atoms with Crippen LogP contribution in [-0.4, -0.2) is 80.9 Å². The molecule has 0 aromatic heterocycles. The molecule has 2 aliphatic rings. The number of piperazine rings is 1. The number of hydrogen-bond acceptors (Lipinski definition) is 6. The summed E-state index contributed by atoms with van der Waals surface area (Å²) in [5, 5.41) is 3.03. The number of hydrogen-bond donors (Lipinski definition) is 1. The van der Waals surface area contributed by atoms with E-state index in [-0.39, 0.29) is 5.91 Å². The molecule has 39 heavy (non-hydrogen) atoms. The van der Waals surface area contributed by atoms with E-state index in [0.29, 0.717) is 43.2 Å². The first-order valence-electron chi connectivity index (χ1n) is 13.5. The summed E-state index contributed by atoms with van der Waals surface area (Å²) >= 11 is 0. The minimum Gasteiger partial charge on any atom is -0.379 e. The van der Waals surface area contributed by atoms with E-state index < -0.39 is 10.0 Å². The van der Waals surface area contributed by atoms with Crippen LogP contribution in [0.4, 0.5) is 0 Å². The van der Waals surface area contributed by atoms with Crippen LogP contribution in [0.5, 0.6) is 0 Å². The molecule has 8 nitrogen and oxygen atoms in total. The van der Waals surface area contributed by atoms with E-state index in [9.17, 15) is 13.2 Å². The van der Waals surface area contributed by atoms with Gasteiger partial charge >= 0.3 is 0 Å². The van der Waals surface area contributed by atoms with Gasteiger partial charge in [0.25, 0.3) is 5.91 Å². The molecule has 1 amide bonds. The second kappa shape index (κ2) is 12.8. The molecule has 0 aliphatic carbocycles. The van der Waals surface area contributed by atoms with Gasteiger partial charge in [0.2, 0.25) is 10.0 Å². The number of carbonyl (C=O) groups excluding carboxylic acids is 1. The summed E-state index contributed by atoms with van der Waals surface area (Å²) in [5.74, 6) is -0.0973. The Kier molecular flexibility index (Phi) is 9.06. The highest BCUT2D eigenvalue weighted by atomic mass is 32.2. The van der Waals surface area contributed by atoms with Crippen molar-refractivity contribution in [3.05, 3.63) is 101 Å². The average molecular weight is 549 g/mol. The smallest absolute Gasteiger partial charge is 0.251 e. The van der Waals surface area contributed by atoms with Gasteiger partial charge in [-0.05, 0) is 41.0 Å². The Morgan fingerprint density at radius 3 is 2.08 bits per heavy atom. The van der Waals surface area contributed by atoms with Gasteiger partial charge in [-0.3, -0.25) is 14.6 Å². The second-order valence-electron chi connectivity index (χ2n) is 10.1. The molecule has 9 heteroatoms. The van der Waals surface area contributed by atoms with Crippen LogP contribution in [0, 0.1) is 0 Å². The summed E-state index contributed by atoms with van der Waals surface area (Å²) in [6.45, 7) is 7.81. The number of nitrogens with zero attached hydrogens (tertiary/aromatic N) is 3. The number of benzene rings is 3. The van der Waals surface area contributed by atoms with E-state index in [1.165, 1.54) is 5.56 Å². The highest BCUT2D eigenvalue weighted by molar-refractivity contribution is 7.89. The number of rotatable bonds is 9. The summed E-state index contributed by atoms with van der Waals surface area (Å²) < 4.78 is 32.7. The van der Waals surface area contributed by atoms with Crippen LogP contribution < -0.4 is 5.32 Å². The van der Waals surface area contributed by atoms with Crippen LogP contribution in [0.1, 0.15) is 27.0 Å². The van der Waals surface area contributed by atoms with E-state index >= 15 is 0 Å². The number of nitrogens with one attached hydrogen (secondary N) is 1. The number of carbonyl (C=O) groups is 1. The molecule has 3 aromatic rings. The third-order valence-corrected chi connectivity index (χ3v) is 9.20. The van der Waals surface area contributed by atoms with Crippen molar-refractivity contribution in [2.24, 2.45) is 0 Å². The van der Waals surface area contributed by atoms with Crippen molar-refractivity contribution in [2.45, 2.75) is 24.5 Å². The zero-order valence-corrected chi connectivity index (χ0v) is 23.0. The normalized spacial score (nSPS) is 17.6. The van der Waals surface area contributed by atoms with E-state index in [4.69, 9.17) is 4.74 Å². The predicted molar refractivity (Wildman–Crippen MR) is 151 cm³/mol. The first kappa shape index (κ1) is 27.5. The molecule has 1 N–H and O–H groups in total. The van der Waals surface area contributed by atoms with Gasteiger partial charge in [-0.1, -0.05) is 54.6 Å². The summed E-state index contributed by atoms with van der Waals surface area (Å²) in [5.41, 5.74) is 4.05. The molecule has 2 saturated heterocycles. The predicted octanol–water partition coefficient (Wildman–Crippen LogP) is 2.96. The first-order valence-corrected chi connectivity index (χ1v) is 14.9. The molecule has 0 saturated carbocycles. The lowest BCUT2D eigenvalue weighted by molar-refractivity contribution is 0.0342. The standard InChI is InChI=1S/C30H36N4O4S/c35-30(31-22-26-5-4-6-27(21-26)24-33-17-19-38-20-18-33)28-11-9-25(10-12-28)23-32-13-15-34(16-14-32)39(36,37)29-7-2-1-3-8-29/h1-12,21H,13-20,22-24H2,(H,31,35). The van der Waals surface area contributed by atoms with Gasteiger partial charge < -0.3 is 10.1 Å². The quantitative estimate of drug-likeness (QED) is 0.443. The van der Waals surface area contributed by atoms with Gasteiger partial charge in [0.05, 0.1) is 18.1 Å². The second-order valence-corrected chi connectivity index (χ2v) is 12.0. The Morgan fingerprint density at radius 2 is 1.36 bits per heavy atom. The molecule has 0 atom stereocenters. The van der Waals surface area contributed by atoms with Gasteiger partial charge in [0.1, 0.15) is 0 Å². The van der Waals surface area contributed by atoms with E-state index in [0.717, 1.165) is 50.5 Å². The fourth-order valence-electron chi connectivity index (χ4n) is 5.03. The van der Waals surface area contributed by atoms with Gasteiger partial charge in [0.15, 0.2) is 0 Å². The molecule has 0 bridgehead atoms. The van der Waals surface area contributed by atoms with Crippen molar-refractivity contribution in [1.29, 1.82) is 0 Å². The summed E-state index contributed by atoms with van der Waals surface area (Å²) in [7, 11) is -3.45. The molecule has 0 spiro atoms. The largest absolute Gasteiger partial charge is 0.379 e. The first-order chi connectivity index (χ1) is 19.0. The van der Waals surface area contributed by atoms with E-state index in [1.807, 2.05) is 42.5 Å². The number of amides is 1. The van der Waals surface area contributed by atoms with Crippen molar-refractivity contribution in [2.75, 3.05) is 52.5 Å². The number of morpholine rings is 1. The Bertz CT molecular complexity index is 1330. The summed E-state index contributed by atoms with van der Waals surface area (Å²) in [6, 6.07) is 24.6. The molecular formula is C30H36N4O4S. The van der Waals surface area contributed by atoms with Crippen LogP contribution in [0.15, 0.2) is 83.8 Å². The molecule has 0 radical (unpaired) electrons. The lowest BCUT2D eigenvalue weighted by Gasteiger charge is -2.34. The van der Waals surface area contributed by atoms with Crippen LogP contribution in [0.25, 0.3) is 0 Å². The maximum Gasteiger partial charge on any atom is 0.251 e. The fraction of sp³-hybridized carbons (Fsp3) is 0.367. The molecule has 5 rings (SSSR count). The zero-order valence-electron chi connectivity index (χ0n) is 22.2. The van der Waals surface area contributed by atoms with Gasteiger partial charge in [-0.2, -0.15) is 4.31 Å². The van der Waals surface area contributed by atoms with Gasteiger partial charge in [0, 0.05) is 64.5 Å². The maximum atomic E-state index is 12.9. The van der Waals surface area contributed by atoms with E-state index in [1.54, 1.807) is 28.6 Å². The third-order valence-electron chi connectivity index (χ3n) is 7.29. The zero-order chi connectivity index (χ0) is 27.1. The SMILES string of the molecule is O=C(NCc1cccc(CN2CCOCC2)c1)c1ccc(CN2CCN(S(=O)(=O)c3ccccc3)CC2)cc1. The van der Waals surface area contributed by atoms with Crippen LogP contribution in [-0.2, 0) is 34.4 Å². The van der Waals surface area contributed by atoms with Crippen LogP contribution in [0.3, 0.4) is 0 Å². The minimum atomic E-state index is -3.45. The molecule has 2 aliphatic heterocycles. The Hall–Kier alpha value is -3.08. The number of sulfonamides is 1. The highest BCUT2D eigenvalue weighted by Gasteiger charge is 2.28. The fourth-order valence-corrected chi connectivity index (χ4v) is 6.47. The molecule has 2 heterocycles. The van der Waals surface area contributed by atoms with Crippen molar-refractivity contribution >= 4 is 15.9 Å². The molecule has 0 unspecified atom stereocenters. The lowest BCUT2D eigenvalue weighted by Crippen LogP contribution is -2.48. The van der Waals surface area contributed by atoms with Crippen molar-refractivity contribution in [1.82, 2.24) is 19.4 Å². The summed E-state index contributed by atoms with van der Waals surface area (Å²) in [6.07, 6.45) is 0. The van der Waals surface area contributed by atoms with E-state index in [2.05, 4.69) is 27.2 Å². The van der Waals surface area contributed by atoms with Crippen molar-refractivity contribution in [3.8, 4) is 0 Å². The van der Waals surface area contributed by atoms with Crippen LogP contribution >= 0.6 is 0 Å². The van der Waals surface area contributed by atoms with Gasteiger partial charge in [-0.25, -0.2) is 8.42 Å². The topological polar surface area (TPSA) is 82.2 Å². The van der Waals surface area contributed by atoms with Crippen LogP contribution in [0.2, 0.25) is 0 Å². The minimum absolute atomic E-state index is 0.0973. The lowest BCUT2D eigenvalue weighted by atomic mass is 10.1. The number of ether oxygens (including phenoxy) is 1. The Morgan fingerprint density at radius 1 is 0.718 bits per heavy atom. The Balaban J connectivity index is 1.08. The Labute approximate surface area is 231 Å². The molecule has 2 fully saturated rings. The monoisotopic (exact) mass is 548 g/mol.